The Morgan fingerprint density at radius 2 is 2.03 bits per heavy atom. The van der Waals surface area contributed by atoms with Crippen molar-refractivity contribution in [1.29, 1.82) is 0 Å². The highest BCUT2D eigenvalue weighted by atomic mass is 16.4. The lowest BCUT2D eigenvalue weighted by Gasteiger charge is -2.31. The molecule has 1 aromatic carbocycles. The lowest BCUT2D eigenvalue weighted by Crippen LogP contribution is -2.54. The van der Waals surface area contributed by atoms with Gasteiger partial charge in [-0.1, -0.05) is 43.7 Å². The van der Waals surface area contributed by atoms with Crippen molar-refractivity contribution in [2.24, 2.45) is 0 Å². The molecule has 1 amide bonds. The number of unbranched alkanes of at least 4 members (excludes halogenated alkanes) is 1. The number of likely N-dealkylation sites (tertiary alicyclic amines) is 1. The molecule has 1 saturated heterocycles. The van der Waals surface area contributed by atoms with Crippen molar-refractivity contribution in [3.8, 4) is 0 Å². The molecule has 4 unspecified atom stereocenters. The molecule has 0 aromatic heterocycles. The van der Waals surface area contributed by atoms with Crippen LogP contribution in [0.15, 0.2) is 30.3 Å². The van der Waals surface area contributed by atoms with Crippen LogP contribution in [0.3, 0.4) is 0 Å². The number of carbonyl (C=O) groups excluding carboxylic acids is 1. The van der Waals surface area contributed by atoms with E-state index in [-0.39, 0.29) is 17.9 Å². The van der Waals surface area contributed by atoms with Crippen LogP contribution in [0.5, 0.6) is 0 Å². The fourth-order valence-electron chi connectivity index (χ4n) is 4.05. The van der Waals surface area contributed by atoms with Crippen LogP contribution < -0.4 is 10.5 Å². The van der Waals surface area contributed by atoms with E-state index in [1.54, 1.807) is 7.11 Å². The quantitative estimate of drug-likeness (QED) is 0.337. The lowest BCUT2D eigenvalue weighted by molar-refractivity contribution is -0.141. The van der Waals surface area contributed by atoms with E-state index in [1.165, 1.54) is 7.62 Å². The average molecular weight is 416 g/mol. The number of carboxylic acid groups (broad SMARTS) is 1. The first-order valence-electron chi connectivity index (χ1n) is 10.9. The topological polar surface area (TPSA) is 90.9 Å². The van der Waals surface area contributed by atoms with Crippen molar-refractivity contribution in [3.63, 3.8) is 0 Å². The van der Waals surface area contributed by atoms with Crippen molar-refractivity contribution in [1.82, 2.24) is 15.4 Å². The van der Waals surface area contributed by atoms with Gasteiger partial charge >= 0.3 is 13.6 Å². The Morgan fingerprint density at radius 1 is 1.30 bits per heavy atom. The molecule has 165 valence electrons. The van der Waals surface area contributed by atoms with Crippen LogP contribution in [0, 0.1) is 0 Å². The molecule has 3 N–H and O–H groups in total. The maximum Gasteiger partial charge on any atom is 0.395 e. The smallest absolute Gasteiger partial charge is 0.395 e. The minimum Gasteiger partial charge on any atom is -0.480 e. The highest BCUT2D eigenvalue weighted by Crippen LogP contribution is 2.23. The van der Waals surface area contributed by atoms with Gasteiger partial charge in [-0.05, 0) is 44.7 Å². The van der Waals surface area contributed by atoms with E-state index in [4.69, 9.17) is 4.65 Å². The first kappa shape index (κ1) is 24.4. The zero-order valence-corrected chi connectivity index (χ0v) is 18.3. The Morgan fingerprint density at radius 3 is 2.63 bits per heavy atom. The molecule has 2 rings (SSSR count). The monoisotopic (exact) mass is 416 g/mol. The summed E-state index contributed by atoms with van der Waals surface area (Å²) in [5.74, 6) is -1.18. The Kier molecular flexibility index (Phi) is 10.3. The van der Waals surface area contributed by atoms with Crippen LogP contribution in [-0.2, 0) is 14.2 Å². The molecular weight excluding hydrogens is 381 g/mol. The van der Waals surface area contributed by atoms with Crippen LogP contribution in [-0.4, -0.2) is 67.8 Å². The van der Waals surface area contributed by atoms with Gasteiger partial charge in [0.05, 0.1) is 6.04 Å². The SMILES string of the molecule is CO[B]NCCCCC(NC(C(=O)O)C(C)c1ccccc1)C(=O)N1CCCC1C. The summed E-state index contributed by atoms with van der Waals surface area (Å²) in [5.41, 5.74) is 0.942. The zero-order valence-electron chi connectivity index (χ0n) is 18.3. The molecule has 0 aliphatic carbocycles. The average Bonchev–Trinajstić information content (AvgIpc) is 3.18. The van der Waals surface area contributed by atoms with Gasteiger partial charge in [-0.3, -0.25) is 14.9 Å². The number of nitrogens with one attached hydrogen (secondary N) is 2. The van der Waals surface area contributed by atoms with Gasteiger partial charge in [0.15, 0.2) is 0 Å². The maximum absolute atomic E-state index is 13.3. The summed E-state index contributed by atoms with van der Waals surface area (Å²) < 4.78 is 4.86. The number of rotatable bonds is 13. The Hall–Kier alpha value is -1.90. The van der Waals surface area contributed by atoms with Crippen molar-refractivity contribution >= 4 is 19.5 Å². The van der Waals surface area contributed by atoms with Gasteiger partial charge in [-0.2, -0.15) is 0 Å². The highest BCUT2D eigenvalue weighted by molar-refractivity contribution is 6.23. The number of carbonyl (C=O) groups is 2. The molecule has 0 bridgehead atoms. The number of nitrogens with zero attached hydrogens (tertiary/aromatic N) is 1. The Balaban J connectivity index is 2.08. The van der Waals surface area contributed by atoms with E-state index in [1.807, 2.05) is 42.2 Å². The maximum atomic E-state index is 13.3. The molecule has 1 heterocycles. The molecule has 1 aromatic rings. The molecule has 1 aliphatic rings. The van der Waals surface area contributed by atoms with Crippen molar-refractivity contribution < 1.29 is 19.3 Å². The standard InChI is InChI=1S/C22H35BN3O4/c1-16-10-9-15-26(16)21(27)19(13-7-8-14-24-23-30-3)25-20(22(28)29)17(2)18-11-5-4-6-12-18/h4-6,11-12,16-17,19-20,24-25H,7-10,13-15H2,1-3H3,(H,28,29). The molecule has 1 aliphatic heterocycles. The number of hydrogen-bond donors (Lipinski definition) is 3. The first-order valence-corrected chi connectivity index (χ1v) is 10.9. The van der Waals surface area contributed by atoms with Gasteiger partial charge in [0.25, 0.3) is 0 Å². The molecular formula is C22H35BN3O4. The number of carboxylic acids is 1. The fourth-order valence-corrected chi connectivity index (χ4v) is 4.05. The number of amides is 1. The molecule has 1 radical (unpaired) electrons. The summed E-state index contributed by atoms with van der Waals surface area (Å²) in [6.45, 7) is 5.45. The summed E-state index contributed by atoms with van der Waals surface area (Å²) >= 11 is 0. The van der Waals surface area contributed by atoms with E-state index < -0.39 is 18.1 Å². The molecule has 0 saturated carbocycles. The summed E-state index contributed by atoms with van der Waals surface area (Å²) in [5, 5.41) is 16.2. The predicted molar refractivity (Wildman–Crippen MR) is 118 cm³/mol. The second-order valence-corrected chi connectivity index (χ2v) is 8.06. The van der Waals surface area contributed by atoms with E-state index in [0.717, 1.165) is 44.3 Å². The number of benzene rings is 1. The second kappa shape index (κ2) is 12.7. The predicted octanol–water partition coefficient (Wildman–Crippen LogP) is 2.15. The molecule has 7 nitrogen and oxygen atoms in total. The molecule has 1 fully saturated rings. The molecule has 4 atom stereocenters. The normalized spacial score (nSPS) is 19.3. The van der Waals surface area contributed by atoms with Gasteiger partial charge in [-0.25, -0.2) is 0 Å². The van der Waals surface area contributed by atoms with Crippen LogP contribution in [0.4, 0.5) is 0 Å². The van der Waals surface area contributed by atoms with Gasteiger partial charge in [-0.15, -0.1) is 0 Å². The largest absolute Gasteiger partial charge is 0.480 e. The van der Waals surface area contributed by atoms with E-state index >= 15 is 0 Å². The summed E-state index contributed by atoms with van der Waals surface area (Å²) in [6, 6.07) is 8.44. The summed E-state index contributed by atoms with van der Waals surface area (Å²) in [4.78, 5) is 27.3. The molecule has 8 heteroatoms. The third-order valence-corrected chi connectivity index (χ3v) is 5.87. The van der Waals surface area contributed by atoms with E-state index in [0.29, 0.717) is 6.42 Å². The number of hydrogen-bond acceptors (Lipinski definition) is 5. The number of aliphatic carboxylic acids is 1. The third-order valence-electron chi connectivity index (χ3n) is 5.87. The van der Waals surface area contributed by atoms with Gasteiger partial charge in [0.2, 0.25) is 5.91 Å². The Labute approximate surface area is 180 Å². The lowest BCUT2D eigenvalue weighted by atomic mass is 9.92. The molecule has 30 heavy (non-hydrogen) atoms. The van der Waals surface area contributed by atoms with Crippen LogP contribution in [0.2, 0.25) is 0 Å². The minimum absolute atomic E-state index is 0.0166. The summed E-state index contributed by atoms with van der Waals surface area (Å²) in [6.07, 6.45) is 4.27. The van der Waals surface area contributed by atoms with Gasteiger partial charge in [0.1, 0.15) is 6.04 Å². The molecule has 0 spiro atoms. The van der Waals surface area contributed by atoms with E-state index in [2.05, 4.69) is 17.5 Å². The third kappa shape index (κ3) is 7.11. The first-order chi connectivity index (χ1) is 14.5. The zero-order chi connectivity index (χ0) is 21.9. The minimum atomic E-state index is -0.935. The van der Waals surface area contributed by atoms with Crippen LogP contribution in [0.25, 0.3) is 0 Å². The van der Waals surface area contributed by atoms with E-state index in [9.17, 15) is 14.7 Å². The van der Waals surface area contributed by atoms with Crippen molar-refractivity contribution in [3.05, 3.63) is 35.9 Å². The highest BCUT2D eigenvalue weighted by Gasteiger charge is 2.35. The van der Waals surface area contributed by atoms with Crippen molar-refractivity contribution in [2.75, 3.05) is 20.2 Å². The van der Waals surface area contributed by atoms with Crippen molar-refractivity contribution in [2.45, 2.75) is 70.0 Å². The fraction of sp³-hybridized carbons (Fsp3) is 0.636. The van der Waals surface area contributed by atoms with Crippen LogP contribution in [0.1, 0.15) is 57.4 Å². The van der Waals surface area contributed by atoms with Gasteiger partial charge in [0, 0.05) is 25.6 Å². The summed E-state index contributed by atoms with van der Waals surface area (Å²) in [7, 11) is 3.12. The Bertz CT molecular complexity index is 661. The second-order valence-electron chi connectivity index (χ2n) is 8.06. The van der Waals surface area contributed by atoms with Crippen LogP contribution >= 0.6 is 0 Å². The van der Waals surface area contributed by atoms with Gasteiger partial charge < -0.3 is 19.9 Å².